The molecule has 0 bridgehead atoms. The molecule has 0 fully saturated rings. The normalized spacial score (nSPS) is 23.1. The summed E-state index contributed by atoms with van der Waals surface area (Å²) in [7, 11) is 0. The second-order valence-corrected chi connectivity index (χ2v) is 4.60. The van der Waals surface area contributed by atoms with E-state index in [0.29, 0.717) is 6.42 Å². The second kappa shape index (κ2) is 4.45. The predicted molar refractivity (Wildman–Crippen MR) is 60.5 cm³/mol. The minimum Gasteiger partial charge on any atom is -0.290 e. The van der Waals surface area contributed by atoms with Crippen molar-refractivity contribution in [1.29, 1.82) is 5.26 Å². The Hall–Kier alpha value is -1.34. The molecule has 0 spiro atoms. The summed E-state index contributed by atoms with van der Waals surface area (Å²) in [5.41, 5.74) is 0.918. The SMILES string of the molecule is N#CCCCC1N=C2C=CC(=O)C=C2S1. The van der Waals surface area contributed by atoms with Gasteiger partial charge in [0.1, 0.15) is 5.37 Å². The van der Waals surface area contributed by atoms with E-state index in [1.165, 1.54) is 0 Å². The Labute approximate surface area is 92.6 Å². The van der Waals surface area contributed by atoms with Crippen molar-refractivity contribution >= 4 is 23.3 Å². The van der Waals surface area contributed by atoms with Gasteiger partial charge in [-0.25, -0.2) is 0 Å². The molecule has 0 radical (unpaired) electrons. The highest BCUT2D eigenvalue weighted by molar-refractivity contribution is 8.05. The lowest BCUT2D eigenvalue weighted by Crippen LogP contribution is -2.01. The van der Waals surface area contributed by atoms with Crippen molar-refractivity contribution in [1.82, 2.24) is 0 Å². The number of nitriles is 1. The number of carbonyl (C=O) groups is 1. The summed E-state index contributed by atoms with van der Waals surface area (Å²) in [6.07, 6.45) is 7.30. The Morgan fingerprint density at radius 3 is 3.20 bits per heavy atom. The van der Waals surface area contributed by atoms with Gasteiger partial charge in [0.05, 0.1) is 11.8 Å². The van der Waals surface area contributed by atoms with Gasteiger partial charge in [0.25, 0.3) is 0 Å². The lowest BCUT2D eigenvalue weighted by atomic mass is 10.1. The monoisotopic (exact) mass is 218 g/mol. The van der Waals surface area contributed by atoms with Crippen LogP contribution in [-0.4, -0.2) is 16.9 Å². The van der Waals surface area contributed by atoms with Crippen LogP contribution >= 0.6 is 11.8 Å². The van der Waals surface area contributed by atoms with Crippen LogP contribution in [0.3, 0.4) is 0 Å². The Bertz CT molecular complexity index is 415. The molecule has 0 aromatic rings. The number of aliphatic imine (C=N–C) groups is 1. The van der Waals surface area contributed by atoms with Crippen LogP contribution in [0.4, 0.5) is 0 Å². The zero-order chi connectivity index (χ0) is 10.7. The van der Waals surface area contributed by atoms with Crippen LogP contribution in [0, 0.1) is 11.3 Å². The van der Waals surface area contributed by atoms with Crippen LogP contribution in [0.5, 0.6) is 0 Å². The van der Waals surface area contributed by atoms with Crippen LogP contribution in [0.25, 0.3) is 0 Å². The van der Waals surface area contributed by atoms with E-state index in [1.807, 2.05) is 0 Å². The van der Waals surface area contributed by atoms with Gasteiger partial charge in [0.2, 0.25) is 0 Å². The number of hydrogen-bond acceptors (Lipinski definition) is 4. The highest BCUT2D eigenvalue weighted by atomic mass is 32.2. The predicted octanol–water partition coefficient (Wildman–Crippen LogP) is 2.22. The largest absolute Gasteiger partial charge is 0.290 e. The lowest BCUT2D eigenvalue weighted by molar-refractivity contribution is -0.110. The number of carbonyl (C=O) groups excluding carboxylic acids is 1. The standard InChI is InChI=1S/C11H10N2OS/c12-6-2-1-3-11-13-9-5-4-8(14)7-10(9)15-11/h4-5,7,11H,1-3H2. The van der Waals surface area contributed by atoms with Gasteiger partial charge in [-0.1, -0.05) is 11.8 Å². The molecule has 3 nitrogen and oxygen atoms in total. The third kappa shape index (κ3) is 2.37. The Morgan fingerprint density at radius 2 is 2.40 bits per heavy atom. The summed E-state index contributed by atoms with van der Waals surface area (Å²) in [5, 5.41) is 8.61. The molecule has 0 N–H and O–H groups in total. The molecule has 0 aromatic carbocycles. The maximum Gasteiger partial charge on any atom is 0.179 e. The van der Waals surface area contributed by atoms with E-state index < -0.39 is 0 Å². The van der Waals surface area contributed by atoms with E-state index in [4.69, 9.17) is 5.26 Å². The molecule has 0 saturated carbocycles. The molecule has 2 aliphatic rings. The Kier molecular flexibility index (Phi) is 3.02. The number of unbranched alkanes of at least 4 members (excludes halogenated alkanes) is 1. The lowest BCUT2D eigenvalue weighted by Gasteiger charge is -2.03. The number of ketones is 1. The fourth-order valence-corrected chi connectivity index (χ4v) is 2.67. The Balaban J connectivity index is 1.97. The summed E-state index contributed by atoms with van der Waals surface area (Å²) in [5.74, 6) is 0.0362. The first-order chi connectivity index (χ1) is 7.29. The van der Waals surface area contributed by atoms with Crippen molar-refractivity contribution in [3.05, 3.63) is 23.1 Å². The van der Waals surface area contributed by atoms with Crippen LogP contribution in [-0.2, 0) is 4.79 Å². The number of hydrogen-bond donors (Lipinski definition) is 0. The van der Waals surface area contributed by atoms with Crippen molar-refractivity contribution in [2.45, 2.75) is 24.6 Å². The molecule has 1 aliphatic carbocycles. The second-order valence-electron chi connectivity index (χ2n) is 3.38. The highest BCUT2D eigenvalue weighted by Gasteiger charge is 2.23. The van der Waals surface area contributed by atoms with Gasteiger partial charge in [-0.3, -0.25) is 9.79 Å². The molecular weight excluding hydrogens is 208 g/mol. The van der Waals surface area contributed by atoms with Crippen molar-refractivity contribution < 1.29 is 4.79 Å². The van der Waals surface area contributed by atoms with E-state index in [9.17, 15) is 4.79 Å². The first kappa shape index (κ1) is 10.2. The van der Waals surface area contributed by atoms with Crippen molar-refractivity contribution in [2.75, 3.05) is 0 Å². The van der Waals surface area contributed by atoms with Crippen molar-refractivity contribution in [2.24, 2.45) is 4.99 Å². The quantitative estimate of drug-likeness (QED) is 0.539. The number of fused-ring (bicyclic) bond motifs is 1. The van der Waals surface area contributed by atoms with Crippen LogP contribution in [0.1, 0.15) is 19.3 Å². The molecule has 0 aromatic heterocycles. The highest BCUT2D eigenvalue weighted by Crippen LogP contribution is 2.35. The zero-order valence-corrected chi connectivity index (χ0v) is 8.96. The third-order valence-corrected chi connectivity index (χ3v) is 3.41. The number of thioether (sulfide) groups is 1. The van der Waals surface area contributed by atoms with Gasteiger partial charge in [-0.2, -0.15) is 5.26 Å². The summed E-state index contributed by atoms with van der Waals surface area (Å²) < 4.78 is 0. The maximum absolute atomic E-state index is 11.1. The number of nitrogens with zero attached hydrogens (tertiary/aromatic N) is 2. The number of allylic oxidation sites excluding steroid dienone is 4. The van der Waals surface area contributed by atoms with Crippen LogP contribution < -0.4 is 0 Å². The summed E-state index contributed by atoms with van der Waals surface area (Å²) in [6, 6.07) is 2.12. The first-order valence-corrected chi connectivity index (χ1v) is 5.73. The maximum atomic E-state index is 11.1. The molecule has 1 unspecified atom stereocenters. The van der Waals surface area contributed by atoms with Gasteiger partial charge in [-0.15, -0.1) is 0 Å². The molecule has 1 heterocycles. The molecule has 0 amide bonds. The fourth-order valence-electron chi connectivity index (χ4n) is 1.50. The molecule has 76 valence electrons. The summed E-state index contributed by atoms with van der Waals surface area (Å²) in [6.45, 7) is 0. The molecule has 0 saturated heterocycles. The van der Waals surface area contributed by atoms with Crippen LogP contribution in [0.2, 0.25) is 0 Å². The van der Waals surface area contributed by atoms with E-state index in [2.05, 4.69) is 11.1 Å². The van der Waals surface area contributed by atoms with Gasteiger partial charge in [0.15, 0.2) is 5.78 Å². The van der Waals surface area contributed by atoms with Gasteiger partial charge < -0.3 is 0 Å². The van der Waals surface area contributed by atoms with Crippen molar-refractivity contribution in [3.8, 4) is 6.07 Å². The molecule has 1 atom stereocenters. The third-order valence-electron chi connectivity index (χ3n) is 2.22. The van der Waals surface area contributed by atoms with E-state index in [-0.39, 0.29) is 11.2 Å². The van der Waals surface area contributed by atoms with E-state index in [1.54, 1.807) is 30.0 Å². The van der Waals surface area contributed by atoms with E-state index >= 15 is 0 Å². The molecular formula is C11H10N2OS. The van der Waals surface area contributed by atoms with Gasteiger partial charge >= 0.3 is 0 Å². The minimum atomic E-state index is 0.0362. The zero-order valence-electron chi connectivity index (χ0n) is 8.14. The molecule has 1 aliphatic heterocycles. The molecule has 15 heavy (non-hydrogen) atoms. The first-order valence-electron chi connectivity index (χ1n) is 4.85. The van der Waals surface area contributed by atoms with Gasteiger partial charge in [-0.05, 0) is 25.0 Å². The average molecular weight is 218 g/mol. The topological polar surface area (TPSA) is 53.2 Å². The number of rotatable bonds is 3. The average Bonchev–Trinajstić information content (AvgIpc) is 2.60. The van der Waals surface area contributed by atoms with Gasteiger partial charge in [0, 0.05) is 17.4 Å². The smallest absolute Gasteiger partial charge is 0.179 e. The Morgan fingerprint density at radius 1 is 1.53 bits per heavy atom. The molecule has 4 heteroatoms. The van der Waals surface area contributed by atoms with Crippen molar-refractivity contribution in [3.63, 3.8) is 0 Å². The van der Waals surface area contributed by atoms with Crippen LogP contribution in [0.15, 0.2) is 28.1 Å². The fraction of sp³-hybridized carbons (Fsp3) is 0.364. The summed E-state index contributed by atoms with van der Waals surface area (Å²) >= 11 is 1.62. The van der Waals surface area contributed by atoms with E-state index in [0.717, 1.165) is 23.5 Å². The molecule has 2 rings (SSSR count). The summed E-state index contributed by atoms with van der Waals surface area (Å²) in [4.78, 5) is 16.6. The minimum absolute atomic E-state index is 0.0362.